The number of ether oxygens (including phenoxy) is 1. The van der Waals surface area contributed by atoms with Crippen molar-refractivity contribution in [3.05, 3.63) is 35.9 Å². The maximum absolute atomic E-state index is 11.6. The quantitative estimate of drug-likeness (QED) is 0.530. The molecule has 0 unspecified atom stereocenters. The zero-order valence-corrected chi connectivity index (χ0v) is 14.4. The molecule has 140 valence electrons. The van der Waals surface area contributed by atoms with E-state index in [0.717, 1.165) is 10.6 Å². The van der Waals surface area contributed by atoms with Gasteiger partial charge in [-0.05, 0) is 18.4 Å². The number of nitrogens with one attached hydrogen (secondary N) is 1. The number of alkyl carbamates (subject to hydrolysis) is 1. The van der Waals surface area contributed by atoms with Gasteiger partial charge in [-0.1, -0.05) is 36.8 Å². The Hall–Kier alpha value is -2.90. The molecule has 1 aromatic rings. The van der Waals surface area contributed by atoms with Crippen molar-refractivity contribution in [3.8, 4) is 0 Å². The van der Waals surface area contributed by atoms with Crippen molar-refractivity contribution in [2.75, 3.05) is 13.1 Å². The summed E-state index contributed by atoms with van der Waals surface area (Å²) in [6, 6.07) is 9.38. The summed E-state index contributed by atoms with van der Waals surface area (Å²) in [5.74, 6) is -1.84. The molecule has 0 atom stereocenters. The molecule has 2 amide bonds. The Morgan fingerprint density at radius 1 is 1.08 bits per heavy atom. The zero-order valence-electron chi connectivity index (χ0n) is 14.4. The van der Waals surface area contributed by atoms with E-state index in [2.05, 4.69) is 5.32 Å². The number of nitrogens with zero attached hydrogens (tertiary/aromatic N) is 1. The van der Waals surface area contributed by atoms with Crippen LogP contribution in [-0.4, -0.2) is 41.9 Å². The molecule has 0 bridgehead atoms. The SMILES string of the molecule is O=C(CCCCCNC(=O)OCc1ccccc1)ON1CCC(=O)C1=O. The van der Waals surface area contributed by atoms with E-state index in [1.807, 2.05) is 30.3 Å². The van der Waals surface area contributed by atoms with E-state index in [0.29, 0.717) is 25.8 Å². The van der Waals surface area contributed by atoms with Gasteiger partial charge in [0.1, 0.15) is 6.61 Å². The smallest absolute Gasteiger partial charge is 0.407 e. The highest BCUT2D eigenvalue weighted by molar-refractivity contribution is 6.37. The van der Waals surface area contributed by atoms with Gasteiger partial charge in [-0.2, -0.15) is 5.06 Å². The van der Waals surface area contributed by atoms with Gasteiger partial charge in [0, 0.05) is 19.4 Å². The molecule has 8 nitrogen and oxygen atoms in total. The van der Waals surface area contributed by atoms with E-state index in [-0.39, 0.29) is 26.0 Å². The zero-order chi connectivity index (χ0) is 18.8. The molecule has 2 rings (SSSR count). The molecule has 1 heterocycles. The van der Waals surface area contributed by atoms with Crippen LogP contribution in [0.15, 0.2) is 30.3 Å². The number of unbranched alkanes of at least 4 members (excludes halogenated alkanes) is 2. The Bertz CT molecular complexity index is 646. The molecule has 1 aliphatic rings. The Morgan fingerprint density at radius 3 is 2.54 bits per heavy atom. The first-order chi connectivity index (χ1) is 12.6. The second kappa shape index (κ2) is 10.2. The van der Waals surface area contributed by atoms with E-state index in [4.69, 9.17) is 9.57 Å². The summed E-state index contributed by atoms with van der Waals surface area (Å²) in [7, 11) is 0. The molecule has 1 aromatic carbocycles. The molecule has 8 heteroatoms. The van der Waals surface area contributed by atoms with Crippen LogP contribution in [0.25, 0.3) is 0 Å². The third-order valence-electron chi connectivity index (χ3n) is 3.76. The van der Waals surface area contributed by atoms with E-state index >= 15 is 0 Å². The van der Waals surface area contributed by atoms with E-state index < -0.39 is 23.8 Å². The predicted molar refractivity (Wildman–Crippen MR) is 90.5 cm³/mol. The lowest BCUT2D eigenvalue weighted by Crippen LogP contribution is -2.30. The van der Waals surface area contributed by atoms with Crippen LogP contribution >= 0.6 is 0 Å². The summed E-state index contributed by atoms with van der Waals surface area (Å²) in [6.45, 7) is 0.788. The maximum Gasteiger partial charge on any atom is 0.407 e. The molecule has 1 N–H and O–H groups in total. The average Bonchev–Trinajstić information content (AvgIpc) is 2.95. The van der Waals surface area contributed by atoms with Crippen LogP contribution in [0, 0.1) is 0 Å². The minimum Gasteiger partial charge on any atom is -0.445 e. The lowest BCUT2D eigenvalue weighted by atomic mass is 10.2. The maximum atomic E-state index is 11.6. The molecule has 0 spiro atoms. The van der Waals surface area contributed by atoms with Crippen LogP contribution in [0.4, 0.5) is 4.79 Å². The topological polar surface area (TPSA) is 102 Å². The highest BCUT2D eigenvalue weighted by atomic mass is 16.7. The Labute approximate surface area is 151 Å². The average molecular weight is 362 g/mol. The van der Waals surface area contributed by atoms with Gasteiger partial charge in [0.25, 0.3) is 0 Å². The monoisotopic (exact) mass is 362 g/mol. The third kappa shape index (κ3) is 6.54. The molecule has 1 saturated heterocycles. The van der Waals surface area contributed by atoms with Crippen LogP contribution in [0.1, 0.15) is 37.7 Å². The summed E-state index contributed by atoms with van der Waals surface area (Å²) in [4.78, 5) is 50.3. The van der Waals surface area contributed by atoms with Crippen molar-refractivity contribution < 1.29 is 28.8 Å². The van der Waals surface area contributed by atoms with Crippen LogP contribution in [0.3, 0.4) is 0 Å². The fourth-order valence-electron chi connectivity index (χ4n) is 2.34. The number of hydroxylamine groups is 2. The number of benzene rings is 1. The van der Waals surface area contributed by atoms with Crippen molar-refractivity contribution in [1.82, 2.24) is 10.4 Å². The van der Waals surface area contributed by atoms with Crippen LogP contribution in [0.5, 0.6) is 0 Å². The number of rotatable bonds is 9. The Balaban J connectivity index is 1.47. The first-order valence-corrected chi connectivity index (χ1v) is 8.56. The minimum atomic E-state index is -0.767. The summed E-state index contributed by atoms with van der Waals surface area (Å²) in [6.07, 6.45) is 1.71. The van der Waals surface area contributed by atoms with Gasteiger partial charge in [-0.25, -0.2) is 9.59 Å². The van der Waals surface area contributed by atoms with Crippen LogP contribution < -0.4 is 5.32 Å². The van der Waals surface area contributed by atoms with Crippen molar-refractivity contribution in [1.29, 1.82) is 0 Å². The molecule has 0 aliphatic carbocycles. The fraction of sp³-hybridized carbons (Fsp3) is 0.444. The highest BCUT2D eigenvalue weighted by Crippen LogP contribution is 2.09. The van der Waals surface area contributed by atoms with E-state index in [9.17, 15) is 19.2 Å². The number of amides is 2. The number of hydrogen-bond acceptors (Lipinski definition) is 6. The van der Waals surface area contributed by atoms with E-state index in [1.165, 1.54) is 0 Å². The van der Waals surface area contributed by atoms with Gasteiger partial charge in [0.05, 0.1) is 6.54 Å². The molecule has 1 aliphatic heterocycles. The first-order valence-electron chi connectivity index (χ1n) is 8.56. The first kappa shape index (κ1) is 19.4. The second-order valence-electron chi connectivity index (χ2n) is 5.84. The molecular weight excluding hydrogens is 340 g/mol. The molecule has 0 radical (unpaired) electrons. The standard InChI is InChI=1S/C18H22N2O6/c21-15-10-12-20(17(15)23)26-16(22)9-5-2-6-11-19-18(24)25-13-14-7-3-1-4-8-14/h1,3-4,7-8H,2,5-6,9-13H2,(H,19,24). The van der Waals surface area contributed by atoms with Crippen LogP contribution in [0.2, 0.25) is 0 Å². The molecule has 0 aromatic heterocycles. The normalized spacial score (nSPS) is 13.6. The Morgan fingerprint density at radius 2 is 1.85 bits per heavy atom. The summed E-state index contributed by atoms with van der Waals surface area (Å²) >= 11 is 0. The van der Waals surface area contributed by atoms with Crippen molar-refractivity contribution >= 4 is 23.8 Å². The number of carbonyl (C=O) groups is 4. The van der Waals surface area contributed by atoms with Gasteiger partial charge < -0.3 is 14.9 Å². The molecule has 26 heavy (non-hydrogen) atoms. The minimum absolute atomic E-state index is 0.0815. The van der Waals surface area contributed by atoms with Gasteiger partial charge in [0.15, 0.2) is 0 Å². The third-order valence-corrected chi connectivity index (χ3v) is 3.76. The van der Waals surface area contributed by atoms with Gasteiger partial charge in [0.2, 0.25) is 5.78 Å². The lowest BCUT2D eigenvalue weighted by Gasteiger charge is -2.13. The molecule has 0 saturated carbocycles. The van der Waals surface area contributed by atoms with Crippen molar-refractivity contribution in [2.45, 2.75) is 38.7 Å². The van der Waals surface area contributed by atoms with E-state index in [1.54, 1.807) is 0 Å². The van der Waals surface area contributed by atoms with Crippen LogP contribution in [-0.2, 0) is 30.6 Å². The summed E-state index contributed by atoms with van der Waals surface area (Å²) < 4.78 is 5.08. The van der Waals surface area contributed by atoms with Gasteiger partial charge in [-0.3, -0.25) is 9.59 Å². The highest BCUT2D eigenvalue weighted by Gasteiger charge is 2.32. The van der Waals surface area contributed by atoms with Crippen molar-refractivity contribution in [3.63, 3.8) is 0 Å². The molecular formula is C18H22N2O6. The fourth-order valence-corrected chi connectivity index (χ4v) is 2.34. The lowest BCUT2D eigenvalue weighted by molar-refractivity contribution is -0.193. The number of ketones is 1. The summed E-state index contributed by atoms with van der Waals surface area (Å²) in [5.41, 5.74) is 0.916. The largest absolute Gasteiger partial charge is 0.445 e. The Kier molecular flexibility index (Phi) is 7.60. The summed E-state index contributed by atoms with van der Waals surface area (Å²) in [5, 5.41) is 3.46. The number of Topliss-reactive ketones (excluding diaryl/α,β-unsaturated/α-hetero) is 1. The number of hydrogen-bond donors (Lipinski definition) is 1. The van der Waals surface area contributed by atoms with Crippen molar-refractivity contribution in [2.24, 2.45) is 0 Å². The number of carbonyl (C=O) groups excluding carboxylic acids is 4. The molecule has 1 fully saturated rings. The van der Waals surface area contributed by atoms with Gasteiger partial charge >= 0.3 is 18.0 Å². The van der Waals surface area contributed by atoms with Gasteiger partial charge in [-0.15, -0.1) is 0 Å². The second-order valence-corrected chi connectivity index (χ2v) is 5.84. The predicted octanol–water partition coefficient (Wildman–Crippen LogP) is 1.73.